The molecule has 1 aromatic rings. The van der Waals surface area contributed by atoms with Gasteiger partial charge in [-0.3, -0.25) is 0 Å². The Morgan fingerprint density at radius 1 is 1.09 bits per heavy atom. The lowest BCUT2D eigenvalue weighted by atomic mass is 9.72. The molecule has 0 amide bonds. The van der Waals surface area contributed by atoms with Crippen molar-refractivity contribution < 1.29 is 14.6 Å². The van der Waals surface area contributed by atoms with Crippen molar-refractivity contribution in [3.05, 3.63) is 59.6 Å². The van der Waals surface area contributed by atoms with E-state index in [-0.39, 0.29) is 5.41 Å². The topological polar surface area (TPSA) is 38.7 Å². The van der Waals surface area contributed by atoms with Crippen molar-refractivity contribution in [1.29, 1.82) is 0 Å². The average molecular weight is 314 g/mol. The second-order valence-corrected chi connectivity index (χ2v) is 7.43. The molecular formula is C20H26O3. The van der Waals surface area contributed by atoms with E-state index in [1.807, 2.05) is 31.2 Å². The molecule has 1 unspecified atom stereocenters. The summed E-state index contributed by atoms with van der Waals surface area (Å²) in [5.41, 5.74) is 1.82. The smallest absolute Gasteiger partial charge is 0.276 e. The molecule has 0 spiro atoms. The summed E-state index contributed by atoms with van der Waals surface area (Å²) in [6.45, 7) is 8.48. The van der Waals surface area contributed by atoms with Crippen LogP contribution in [0, 0.1) is 5.41 Å². The van der Waals surface area contributed by atoms with E-state index in [2.05, 4.69) is 26.8 Å². The highest BCUT2D eigenvalue weighted by Gasteiger charge is 2.47. The molecule has 1 aromatic carbocycles. The fourth-order valence-electron chi connectivity index (χ4n) is 3.90. The predicted octanol–water partition coefficient (Wildman–Crippen LogP) is 4.72. The Balaban J connectivity index is 2.13. The van der Waals surface area contributed by atoms with Gasteiger partial charge < -0.3 is 14.6 Å². The van der Waals surface area contributed by atoms with Crippen LogP contribution < -0.4 is 0 Å². The number of aliphatic hydroxyl groups is 1. The average Bonchev–Trinajstić information content (AvgIpc) is 3.14. The molecule has 3 rings (SSSR count). The first-order chi connectivity index (χ1) is 10.8. The Bertz CT molecular complexity index is 643. The molecule has 0 fully saturated rings. The SMILES string of the molecule is CCC1(c2ccccc2C2(O)CCC=C2C(C)(C)C)OC=CO1. The predicted molar refractivity (Wildman–Crippen MR) is 90.4 cm³/mol. The van der Waals surface area contributed by atoms with Crippen LogP contribution in [0.2, 0.25) is 0 Å². The van der Waals surface area contributed by atoms with Crippen molar-refractivity contribution in [3.63, 3.8) is 0 Å². The van der Waals surface area contributed by atoms with Gasteiger partial charge in [0.05, 0.1) is 0 Å². The Hall–Kier alpha value is -1.74. The van der Waals surface area contributed by atoms with Gasteiger partial charge in [-0.1, -0.05) is 58.0 Å². The van der Waals surface area contributed by atoms with Crippen LogP contribution in [-0.4, -0.2) is 5.11 Å². The summed E-state index contributed by atoms with van der Waals surface area (Å²) in [7, 11) is 0. The number of benzene rings is 1. The van der Waals surface area contributed by atoms with Gasteiger partial charge in [0, 0.05) is 12.0 Å². The molecule has 1 heterocycles. The van der Waals surface area contributed by atoms with E-state index < -0.39 is 11.4 Å². The first-order valence-corrected chi connectivity index (χ1v) is 8.38. The first kappa shape index (κ1) is 16.1. The zero-order valence-corrected chi connectivity index (χ0v) is 14.4. The van der Waals surface area contributed by atoms with Crippen molar-refractivity contribution in [2.75, 3.05) is 0 Å². The third-order valence-electron chi connectivity index (χ3n) is 4.93. The fourth-order valence-corrected chi connectivity index (χ4v) is 3.90. The Labute approximate surface area is 138 Å². The summed E-state index contributed by atoms with van der Waals surface area (Å²) in [6.07, 6.45) is 7.60. The van der Waals surface area contributed by atoms with Crippen molar-refractivity contribution in [2.45, 2.75) is 58.3 Å². The quantitative estimate of drug-likeness (QED) is 0.820. The Morgan fingerprint density at radius 2 is 1.70 bits per heavy atom. The molecule has 2 aliphatic rings. The van der Waals surface area contributed by atoms with Gasteiger partial charge in [0.15, 0.2) is 0 Å². The second kappa shape index (κ2) is 5.41. The molecular weight excluding hydrogens is 288 g/mol. The molecule has 3 nitrogen and oxygen atoms in total. The van der Waals surface area contributed by atoms with E-state index in [1.165, 1.54) is 0 Å². The zero-order valence-electron chi connectivity index (χ0n) is 14.4. The molecule has 1 aliphatic heterocycles. The third kappa shape index (κ3) is 2.47. The minimum atomic E-state index is -0.966. The fraction of sp³-hybridized carbons (Fsp3) is 0.500. The third-order valence-corrected chi connectivity index (χ3v) is 4.93. The summed E-state index contributed by atoms with van der Waals surface area (Å²) >= 11 is 0. The number of hydrogen-bond acceptors (Lipinski definition) is 3. The van der Waals surface area contributed by atoms with Crippen LogP contribution in [0.4, 0.5) is 0 Å². The van der Waals surface area contributed by atoms with Crippen molar-refractivity contribution in [3.8, 4) is 0 Å². The summed E-state index contributed by atoms with van der Waals surface area (Å²) in [6, 6.07) is 7.95. The van der Waals surface area contributed by atoms with E-state index in [9.17, 15) is 5.11 Å². The monoisotopic (exact) mass is 314 g/mol. The highest BCUT2D eigenvalue weighted by Crippen LogP contribution is 2.51. The molecule has 0 saturated heterocycles. The minimum Gasteiger partial charge on any atom is -0.453 e. The molecule has 1 atom stereocenters. The molecule has 3 heteroatoms. The van der Waals surface area contributed by atoms with Gasteiger partial charge >= 0.3 is 0 Å². The van der Waals surface area contributed by atoms with Gasteiger partial charge in [-0.25, -0.2) is 0 Å². The molecule has 23 heavy (non-hydrogen) atoms. The van der Waals surface area contributed by atoms with Gasteiger partial charge in [0.25, 0.3) is 5.79 Å². The maximum Gasteiger partial charge on any atom is 0.276 e. The van der Waals surface area contributed by atoms with Crippen LogP contribution >= 0.6 is 0 Å². The molecule has 1 N–H and O–H groups in total. The lowest BCUT2D eigenvalue weighted by Gasteiger charge is -2.38. The summed E-state index contributed by atoms with van der Waals surface area (Å²) < 4.78 is 11.6. The summed E-state index contributed by atoms with van der Waals surface area (Å²) in [4.78, 5) is 0. The maximum atomic E-state index is 11.6. The summed E-state index contributed by atoms with van der Waals surface area (Å²) in [5, 5.41) is 11.6. The Morgan fingerprint density at radius 3 is 2.26 bits per heavy atom. The normalized spacial score (nSPS) is 25.9. The van der Waals surface area contributed by atoms with Gasteiger partial charge in [0.1, 0.15) is 18.1 Å². The number of allylic oxidation sites excluding steroid dienone is 1. The molecule has 124 valence electrons. The lowest BCUT2D eigenvalue weighted by molar-refractivity contribution is -0.154. The van der Waals surface area contributed by atoms with Crippen molar-refractivity contribution in [2.24, 2.45) is 5.41 Å². The zero-order chi connectivity index (χ0) is 16.7. The van der Waals surface area contributed by atoms with Crippen LogP contribution in [-0.2, 0) is 20.9 Å². The van der Waals surface area contributed by atoms with Crippen LogP contribution in [0.3, 0.4) is 0 Å². The standard InChI is InChI=1S/C20H26O3/c1-5-20(22-13-14-23-20)16-10-7-6-9-15(16)19(21)12-8-11-17(19)18(2,3)4/h6-7,9-11,13-14,21H,5,8,12H2,1-4H3. The minimum absolute atomic E-state index is 0.0899. The molecule has 1 aliphatic carbocycles. The van der Waals surface area contributed by atoms with Crippen molar-refractivity contribution >= 4 is 0 Å². The Kier molecular flexibility index (Phi) is 3.80. The highest BCUT2D eigenvalue weighted by atomic mass is 16.7. The lowest BCUT2D eigenvalue weighted by Crippen LogP contribution is -2.36. The van der Waals surface area contributed by atoms with Gasteiger partial charge in [-0.15, -0.1) is 0 Å². The largest absolute Gasteiger partial charge is 0.453 e. The van der Waals surface area contributed by atoms with Gasteiger partial charge in [-0.05, 0) is 29.4 Å². The van der Waals surface area contributed by atoms with E-state index in [1.54, 1.807) is 12.5 Å². The second-order valence-electron chi connectivity index (χ2n) is 7.43. The van der Waals surface area contributed by atoms with E-state index in [0.29, 0.717) is 12.8 Å². The number of rotatable bonds is 3. The summed E-state index contributed by atoms with van der Waals surface area (Å²) in [5.74, 6) is -0.835. The molecule has 0 saturated carbocycles. The van der Waals surface area contributed by atoms with E-state index >= 15 is 0 Å². The van der Waals surface area contributed by atoms with Crippen LogP contribution in [0.15, 0.2) is 48.4 Å². The van der Waals surface area contributed by atoms with Crippen LogP contribution in [0.25, 0.3) is 0 Å². The molecule has 0 aromatic heterocycles. The number of hydrogen-bond donors (Lipinski definition) is 1. The van der Waals surface area contributed by atoms with Crippen LogP contribution in [0.1, 0.15) is 58.1 Å². The molecule has 0 radical (unpaired) electrons. The molecule has 0 bridgehead atoms. The highest BCUT2D eigenvalue weighted by molar-refractivity contribution is 5.45. The number of ether oxygens (including phenoxy) is 2. The van der Waals surface area contributed by atoms with Crippen LogP contribution in [0.5, 0.6) is 0 Å². The maximum absolute atomic E-state index is 11.6. The van der Waals surface area contributed by atoms with Gasteiger partial charge in [0.2, 0.25) is 0 Å². The van der Waals surface area contributed by atoms with E-state index in [0.717, 1.165) is 23.1 Å². The first-order valence-electron chi connectivity index (χ1n) is 8.38. The van der Waals surface area contributed by atoms with Crippen molar-refractivity contribution in [1.82, 2.24) is 0 Å². The van der Waals surface area contributed by atoms with E-state index in [4.69, 9.17) is 9.47 Å². The van der Waals surface area contributed by atoms with Gasteiger partial charge in [-0.2, -0.15) is 0 Å².